The van der Waals surface area contributed by atoms with Gasteiger partial charge in [-0.15, -0.1) is 0 Å². The van der Waals surface area contributed by atoms with Crippen molar-refractivity contribution >= 4 is 5.97 Å². The Labute approximate surface area is 82.0 Å². The molecule has 0 saturated carbocycles. The van der Waals surface area contributed by atoms with Crippen LogP contribution in [0.25, 0.3) is 0 Å². The predicted octanol–water partition coefficient (Wildman–Crippen LogP) is 2.10. The number of benzene rings is 1. The number of rotatable bonds is 4. The van der Waals surface area contributed by atoms with E-state index >= 15 is 0 Å². The maximum Gasteiger partial charge on any atom is 0.330 e. The first-order valence-corrected chi connectivity index (χ1v) is 4.26. The van der Waals surface area contributed by atoms with Gasteiger partial charge in [0.05, 0.1) is 6.61 Å². The van der Waals surface area contributed by atoms with Crippen molar-refractivity contribution in [2.45, 2.75) is 6.42 Å². The molecule has 0 bridgehead atoms. The number of hydrogen-bond donors (Lipinski definition) is 0. The van der Waals surface area contributed by atoms with E-state index in [0.717, 1.165) is 11.6 Å². The van der Waals surface area contributed by atoms with Gasteiger partial charge in [0.15, 0.2) is 0 Å². The molecule has 74 valence electrons. The van der Waals surface area contributed by atoms with E-state index in [1.807, 2.05) is 0 Å². The highest BCUT2D eigenvalue weighted by Gasteiger charge is 1.97. The van der Waals surface area contributed by atoms with Crippen molar-refractivity contribution in [1.29, 1.82) is 0 Å². The zero-order chi connectivity index (χ0) is 10.4. The van der Waals surface area contributed by atoms with Crippen molar-refractivity contribution < 1.29 is 13.9 Å². The van der Waals surface area contributed by atoms with E-state index in [1.165, 1.54) is 12.1 Å². The molecule has 1 aromatic carbocycles. The normalized spacial score (nSPS) is 9.50. The summed E-state index contributed by atoms with van der Waals surface area (Å²) in [6, 6.07) is 6.09. The molecule has 0 aliphatic rings. The Morgan fingerprint density at radius 3 is 2.64 bits per heavy atom. The molecule has 0 fully saturated rings. The Balaban J connectivity index is 2.35. The van der Waals surface area contributed by atoms with E-state index in [2.05, 4.69) is 6.58 Å². The smallest absolute Gasteiger partial charge is 0.330 e. The number of esters is 1. The lowest BCUT2D eigenvalue weighted by molar-refractivity contribution is -0.137. The summed E-state index contributed by atoms with van der Waals surface area (Å²) in [5.41, 5.74) is 0.934. The van der Waals surface area contributed by atoms with Gasteiger partial charge >= 0.3 is 5.97 Å². The molecule has 0 N–H and O–H groups in total. The summed E-state index contributed by atoms with van der Waals surface area (Å²) in [5, 5.41) is 0. The van der Waals surface area contributed by atoms with Gasteiger partial charge in [0.2, 0.25) is 0 Å². The lowest BCUT2D eigenvalue weighted by atomic mass is 10.2. The summed E-state index contributed by atoms with van der Waals surface area (Å²) in [7, 11) is 0. The molecule has 0 unspecified atom stereocenters. The molecule has 1 aromatic rings. The molecule has 2 nitrogen and oxygen atoms in total. The van der Waals surface area contributed by atoms with E-state index in [0.29, 0.717) is 6.42 Å². The molecule has 0 heterocycles. The van der Waals surface area contributed by atoms with Crippen molar-refractivity contribution in [3.8, 4) is 0 Å². The molecule has 0 amide bonds. The summed E-state index contributed by atoms with van der Waals surface area (Å²) in [6.45, 7) is 3.56. The van der Waals surface area contributed by atoms with Crippen LogP contribution in [0.4, 0.5) is 4.39 Å². The second kappa shape index (κ2) is 5.17. The van der Waals surface area contributed by atoms with Crippen LogP contribution in [0.1, 0.15) is 5.56 Å². The Bertz CT molecular complexity index is 317. The Morgan fingerprint density at radius 1 is 1.43 bits per heavy atom. The lowest BCUT2D eigenvalue weighted by Gasteiger charge is -2.01. The van der Waals surface area contributed by atoms with Crippen LogP contribution in [0, 0.1) is 5.82 Å². The third-order valence-electron chi connectivity index (χ3n) is 1.71. The van der Waals surface area contributed by atoms with Crippen LogP contribution in [-0.4, -0.2) is 12.6 Å². The third-order valence-corrected chi connectivity index (χ3v) is 1.71. The van der Waals surface area contributed by atoms with Gasteiger partial charge in [-0.1, -0.05) is 18.7 Å². The van der Waals surface area contributed by atoms with Crippen LogP contribution in [0.3, 0.4) is 0 Å². The van der Waals surface area contributed by atoms with Crippen LogP contribution in [0.15, 0.2) is 36.9 Å². The molecular formula is C11H11FO2. The zero-order valence-corrected chi connectivity index (χ0v) is 7.70. The quantitative estimate of drug-likeness (QED) is 0.542. The number of hydrogen-bond acceptors (Lipinski definition) is 2. The van der Waals surface area contributed by atoms with Gasteiger partial charge in [-0.2, -0.15) is 0 Å². The minimum Gasteiger partial charge on any atom is -0.462 e. The standard InChI is InChI=1S/C11H11FO2/c1-2-11(13)14-8-7-9-3-5-10(12)6-4-9/h2-6H,1,7-8H2. The highest BCUT2D eigenvalue weighted by atomic mass is 19.1. The fourth-order valence-corrected chi connectivity index (χ4v) is 0.979. The minimum atomic E-state index is -0.438. The Kier molecular flexibility index (Phi) is 3.85. The van der Waals surface area contributed by atoms with Gasteiger partial charge < -0.3 is 4.74 Å². The third kappa shape index (κ3) is 3.39. The molecule has 0 saturated heterocycles. The van der Waals surface area contributed by atoms with Gasteiger partial charge in [-0.05, 0) is 17.7 Å². The number of carbonyl (C=O) groups is 1. The SMILES string of the molecule is C=CC(=O)OCCc1ccc(F)cc1. The highest BCUT2D eigenvalue weighted by Crippen LogP contribution is 2.03. The average molecular weight is 194 g/mol. The van der Waals surface area contributed by atoms with Gasteiger partial charge in [0.25, 0.3) is 0 Å². The van der Waals surface area contributed by atoms with Gasteiger partial charge in [-0.3, -0.25) is 0 Å². The molecule has 0 aliphatic carbocycles. The largest absolute Gasteiger partial charge is 0.462 e. The van der Waals surface area contributed by atoms with Crippen LogP contribution in [0.5, 0.6) is 0 Å². The van der Waals surface area contributed by atoms with Crippen LogP contribution in [0.2, 0.25) is 0 Å². The maximum atomic E-state index is 12.5. The molecule has 0 atom stereocenters. The second-order valence-corrected chi connectivity index (χ2v) is 2.75. The summed E-state index contributed by atoms with van der Waals surface area (Å²) < 4.78 is 17.3. The maximum absolute atomic E-state index is 12.5. The predicted molar refractivity (Wildman–Crippen MR) is 51.3 cm³/mol. The van der Waals surface area contributed by atoms with Crippen molar-refractivity contribution in [2.24, 2.45) is 0 Å². The minimum absolute atomic E-state index is 0.267. The van der Waals surface area contributed by atoms with Gasteiger partial charge in [-0.25, -0.2) is 9.18 Å². The van der Waals surface area contributed by atoms with E-state index in [4.69, 9.17) is 4.74 Å². The topological polar surface area (TPSA) is 26.3 Å². The number of carbonyl (C=O) groups excluding carboxylic acids is 1. The van der Waals surface area contributed by atoms with Gasteiger partial charge in [0, 0.05) is 12.5 Å². The van der Waals surface area contributed by atoms with Gasteiger partial charge in [0.1, 0.15) is 5.82 Å². The molecule has 0 radical (unpaired) electrons. The molecule has 14 heavy (non-hydrogen) atoms. The highest BCUT2D eigenvalue weighted by molar-refractivity contribution is 5.81. The summed E-state index contributed by atoms with van der Waals surface area (Å²) in [4.78, 5) is 10.7. The van der Waals surface area contributed by atoms with E-state index in [-0.39, 0.29) is 12.4 Å². The molecular weight excluding hydrogens is 183 g/mol. The van der Waals surface area contributed by atoms with Crippen LogP contribution < -0.4 is 0 Å². The Hall–Kier alpha value is -1.64. The van der Waals surface area contributed by atoms with Crippen LogP contribution >= 0.6 is 0 Å². The monoisotopic (exact) mass is 194 g/mol. The average Bonchev–Trinajstić information content (AvgIpc) is 2.21. The molecule has 0 aliphatic heterocycles. The first-order valence-electron chi connectivity index (χ1n) is 4.26. The second-order valence-electron chi connectivity index (χ2n) is 2.75. The Morgan fingerprint density at radius 2 is 2.07 bits per heavy atom. The van der Waals surface area contributed by atoms with Crippen molar-refractivity contribution in [3.05, 3.63) is 48.3 Å². The first kappa shape index (κ1) is 10.4. The van der Waals surface area contributed by atoms with E-state index in [9.17, 15) is 9.18 Å². The molecule has 1 rings (SSSR count). The zero-order valence-electron chi connectivity index (χ0n) is 7.70. The van der Waals surface area contributed by atoms with Crippen molar-refractivity contribution in [1.82, 2.24) is 0 Å². The van der Waals surface area contributed by atoms with E-state index < -0.39 is 5.97 Å². The van der Waals surface area contributed by atoms with Crippen molar-refractivity contribution in [3.63, 3.8) is 0 Å². The van der Waals surface area contributed by atoms with E-state index in [1.54, 1.807) is 12.1 Å². The fourth-order valence-electron chi connectivity index (χ4n) is 0.979. The number of ether oxygens (including phenoxy) is 1. The first-order chi connectivity index (χ1) is 6.72. The fraction of sp³-hybridized carbons (Fsp3) is 0.182. The summed E-state index contributed by atoms with van der Waals surface area (Å²) in [5.74, 6) is -0.705. The molecule has 0 aromatic heterocycles. The summed E-state index contributed by atoms with van der Waals surface area (Å²) in [6.07, 6.45) is 1.70. The molecule has 0 spiro atoms. The number of halogens is 1. The summed E-state index contributed by atoms with van der Waals surface area (Å²) >= 11 is 0. The van der Waals surface area contributed by atoms with Crippen LogP contribution in [-0.2, 0) is 16.0 Å². The molecule has 3 heteroatoms. The lowest BCUT2D eigenvalue weighted by Crippen LogP contribution is -2.04. The van der Waals surface area contributed by atoms with Crippen molar-refractivity contribution in [2.75, 3.05) is 6.61 Å².